The van der Waals surface area contributed by atoms with Gasteiger partial charge in [-0.2, -0.15) is 8.78 Å². The number of alkyl halides is 2. The van der Waals surface area contributed by atoms with Crippen LogP contribution < -0.4 is 9.64 Å². The fourth-order valence-electron chi connectivity index (χ4n) is 3.81. The number of carbonyl (C=O) groups is 1. The molecule has 0 aliphatic heterocycles. The second-order valence-electron chi connectivity index (χ2n) is 7.42. The highest BCUT2D eigenvalue weighted by Gasteiger charge is 2.21. The fraction of sp³-hybridized carbons (Fsp3) is 0.107. The van der Waals surface area contributed by atoms with Crippen LogP contribution in [0.5, 0.6) is 5.75 Å². The molecule has 0 heterocycles. The molecule has 4 rings (SSSR count). The minimum Gasteiger partial charge on any atom is -0.435 e. The van der Waals surface area contributed by atoms with Gasteiger partial charge in [-0.1, -0.05) is 78.9 Å². The van der Waals surface area contributed by atoms with Gasteiger partial charge in [0.15, 0.2) is 0 Å². The van der Waals surface area contributed by atoms with Gasteiger partial charge in [-0.3, -0.25) is 4.79 Å². The van der Waals surface area contributed by atoms with Crippen LogP contribution in [0.4, 0.5) is 14.5 Å². The van der Waals surface area contributed by atoms with E-state index in [1.165, 1.54) is 12.1 Å². The quantitative estimate of drug-likeness (QED) is 0.227. The Kier molecular flexibility index (Phi) is 6.79. The van der Waals surface area contributed by atoms with Crippen molar-refractivity contribution in [2.45, 2.75) is 13.5 Å². The second kappa shape index (κ2) is 10.1. The first-order chi connectivity index (χ1) is 16.1. The standard InChI is InChI=1S/C28H23F2NO2/c1-2-31(26-14-8-12-21-11-6-7-13-24(21)26)27(32)25(22-9-4-3-5-10-22)19-20-15-17-23(18-16-20)33-28(29)30/h3-19,28H,2H2,1H3. The van der Waals surface area contributed by atoms with E-state index in [0.717, 1.165) is 22.0 Å². The van der Waals surface area contributed by atoms with E-state index in [0.29, 0.717) is 17.7 Å². The maximum Gasteiger partial charge on any atom is 0.387 e. The molecule has 5 heteroatoms. The summed E-state index contributed by atoms with van der Waals surface area (Å²) in [6, 6.07) is 29.5. The van der Waals surface area contributed by atoms with Crippen molar-refractivity contribution in [2.24, 2.45) is 0 Å². The van der Waals surface area contributed by atoms with Crippen molar-refractivity contribution in [3.63, 3.8) is 0 Å². The van der Waals surface area contributed by atoms with Gasteiger partial charge in [-0.05, 0) is 47.7 Å². The van der Waals surface area contributed by atoms with Crippen LogP contribution in [0.3, 0.4) is 0 Å². The molecule has 0 radical (unpaired) electrons. The van der Waals surface area contributed by atoms with Gasteiger partial charge in [0.25, 0.3) is 5.91 Å². The van der Waals surface area contributed by atoms with Crippen LogP contribution in [-0.2, 0) is 4.79 Å². The number of amides is 1. The van der Waals surface area contributed by atoms with Crippen LogP contribution in [0.1, 0.15) is 18.1 Å². The Labute approximate surface area is 191 Å². The number of carbonyl (C=O) groups excluding carboxylic acids is 1. The van der Waals surface area contributed by atoms with Crippen LogP contribution in [0.15, 0.2) is 97.1 Å². The number of hydrogen-bond donors (Lipinski definition) is 0. The normalized spacial score (nSPS) is 11.6. The molecule has 0 fully saturated rings. The highest BCUT2D eigenvalue weighted by Crippen LogP contribution is 2.30. The molecule has 0 saturated heterocycles. The zero-order chi connectivity index (χ0) is 23.2. The Balaban J connectivity index is 1.77. The molecular formula is C28H23F2NO2. The van der Waals surface area contributed by atoms with E-state index in [1.54, 1.807) is 23.1 Å². The van der Waals surface area contributed by atoms with Gasteiger partial charge in [-0.15, -0.1) is 0 Å². The largest absolute Gasteiger partial charge is 0.435 e. The lowest BCUT2D eigenvalue weighted by atomic mass is 10.00. The maximum absolute atomic E-state index is 13.9. The number of benzene rings is 4. The highest BCUT2D eigenvalue weighted by molar-refractivity contribution is 6.31. The molecule has 0 bridgehead atoms. The summed E-state index contributed by atoms with van der Waals surface area (Å²) in [5.41, 5.74) is 2.82. The van der Waals surface area contributed by atoms with E-state index in [9.17, 15) is 13.6 Å². The summed E-state index contributed by atoms with van der Waals surface area (Å²) in [6.07, 6.45) is 1.78. The molecule has 33 heavy (non-hydrogen) atoms. The zero-order valence-corrected chi connectivity index (χ0v) is 18.1. The first-order valence-corrected chi connectivity index (χ1v) is 10.7. The third-order valence-corrected chi connectivity index (χ3v) is 5.35. The molecule has 0 saturated carbocycles. The van der Waals surface area contributed by atoms with Crippen molar-refractivity contribution >= 4 is 34.0 Å². The molecule has 1 amide bonds. The number of ether oxygens (including phenoxy) is 1. The van der Waals surface area contributed by atoms with Crippen molar-refractivity contribution in [1.82, 2.24) is 0 Å². The smallest absolute Gasteiger partial charge is 0.387 e. The Bertz CT molecular complexity index is 1260. The molecule has 0 aliphatic carbocycles. The summed E-state index contributed by atoms with van der Waals surface area (Å²) in [4.78, 5) is 15.6. The SMILES string of the molecule is CCN(C(=O)C(=Cc1ccc(OC(F)F)cc1)c1ccccc1)c1cccc2ccccc12. The number of fused-ring (bicyclic) bond motifs is 1. The monoisotopic (exact) mass is 443 g/mol. The Morgan fingerprint density at radius 1 is 0.879 bits per heavy atom. The molecule has 3 nitrogen and oxygen atoms in total. The van der Waals surface area contributed by atoms with Crippen LogP contribution in [-0.4, -0.2) is 19.1 Å². The van der Waals surface area contributed by atoms with Gasteiger partial charge in [0.2, 0.25) is 0 Å². The first-order valence-electron chi connectivity index (χ1n) is 10.7. The Morgan fingerprint density at radius 2 is 1.55 bits per heavy atom. The Morgan fingerprint density at radius 3 is 2.24 bits per heavy atom. The lowest BCUT2D eigenvalue weighted by Crippen LogP contribution is -2.31. The Hall–Kier alpha value is -3.99. The van der Waals surface area contributed by atoms with Crippen molar-refractivity contribution in [1.29, 1.82) is 0 Å². The topological polar surface area (TPSA) is 29.5 Å². The number of rotatable bonds is 7. The van der Waals surface area contributed by atoms with E-state index in [4.69, 9.17) is 0 Å². The summed E-state index contributed by atoms with van der Waals surface area (Å²) in [7, 11) is 0. The fourth-order valence-corrected chi connectivity index (χ4v) is 3.81. The minimum absolute atomic E-state index is 0.0701. The molecule has 0 N–H and O–H groups in total. The second-order valence-corrected chi connectivity index (χ2v) is 7.42. The summed E-state index contributed by atoms with van der Waals surface area (Å²) in [5, 5.41) is 2.05. The lowest BCUT2D eigenvalue weighted by molar-refractivity contribution is -0.113. The summed E-state index contributed by atoms with van der Waals surface area (Å²) >= 11 is 0. The molecule has 0 spiro atoms. The zero-order valence-electron chi connectivity index (χ0n) is 18.1. The number of hydrogen-bond acceptors (Lipinski definition) is 2. The molecule has 166 valence electrons. The van der Waals surface area contributed by atoms with Crippen LogP contribution in [0.2, 0.25) is 0 Å². The molecule has 0 unspecified atom stereocenters. The van der Waals surface area contributed by atoms with Gasteiger partial charge >= 0.3 is 6.61 Å². The van der Waals surface area contributed by atoms with E-state index < -0.39 is 6.61 Å². The van der Waals surface area contributed by atoms with E-state index >= 15 is 0 Å². The summed E-state index contributed by atoms with van der Waals surface area (Å²) < 4.78 is 29.4. The van der Waals surface area contributed by atoms with Crippen LogP contribution in [0, 0.1) is 0 Å². The van der Waals surface area contributed by atoms with Crippen molar-refractivity contribution in [2.75, 3.05) is 11.4 Å². The van der Waals surface area contributed by atoms with Gasteiger partial charge in [0, 0.05) is 17.5 Å². The average Bonchev–Trinajstić information content (AvgIpc) is 2.84. The van der Waals surface area contributed by atoms with Crippen LogP contribution >= 0.6 is 0 Å². The van der Waals surface area contributed by atoms with Crippen LogP contribution in [0.25, 0.3) is 22.4 Å². The van der Waals surface area contributed by atoms with Crippen molar-refractivity contribution in [3.05, 3.63) is 108 Å². The van der Waals surface area contributed by atoms with Gasteiger partial charge in [0.1, 0.15) is 5.75 Å². The average molecular weight is 443 g/mol. The van der Waals surface area contributed by atoms with Gasteiger partial charge < -0.3 is 9.64 Å². The number of anilines is 1. The van der Waals surface area contributed by atoms with Crippen molar-refractivity contribution in [3.8, 4) is 5.75 Å². The van der Waals surface area contributed by atoms with Crippen molar-refractivity contribution < 1.29 is 18.3 Å². The van der Waals surface area contributed by atoms with E-state index in [2.05, 4.69) is 4.74 Å². The highest BCUT2D eigenvalue weighted by atomic mass is 19.3. The predicted octanol–water partition coefficient (Wildman–Crippen LogP) is 7.03. The third kappa shape index (κ3) is 5.09. The minimum atomic E-state index is -2.88. The van der Waals surface area contributed by atoms with Gasteiger partial charge in [-0.25, -0.2) is 0 Å². The molecular weight excluding hydrogens is 420 g/mol. The number of halogens is 2. The molecule has 0 aliphatic rings. The molecule has 4 aromatic rings. The first kappa shape index (κ1) is 22.2. The number of nitrogens with zero attached hydrogens (tertiary/aromatic N) is 1. The van der Waals surface area contributed by atoms with E-state index in [-0.39, 0.29) is 11.7 Å². The maximum atomic E-state index is 13.9. The summed E-state index contributed by atoms with van der Waals surface area (Å²) in [5.74, 6) is -0.0753. The number of likely N-dealkylation sites (N-methyl/N-ethyl adjacent to an activating group) is 1. The van der Waals surface area contributed by atoms with E-state index in [1.807, 2.05) is 79.7 Å². The summed E-state index contributed by atoms with van der Waals surface area (Å²) in [6.45, 7) is -0.455. The predicted molar refractivity (Wildman–Crippen MR) is 129 cm³/mol. The van der Waals surface area contributed by atoms with Gasteiger partial charge in [0.05, 0.1) is 5.69 Å². The molecule has 0 atom stereocenters. The molecule has 4 aromatic carbocycles. The lowest BCUT2D eigenvalue weighted by Gasteiger charge is -2.24. The third-order valence-electron chi connectivity index (χ3n) is 5.35. The molecule has 0 aromatic heterocycles.